The first kappa shape index (κ1) is 52.9. The van der Waals surface area contributed by atoms with Crippen molar-refractivity contribution in [3.63, 3.8) is 0 Å². The number of hydrogen-bond donors (Lipinski definition) is 3. The highest BCUT2D eigenvalue weighted by atomic mass is 16.5. The van der Waals surface area contributed by atoms with Crippen LogP contribution in [0.3, 0.4) is 0 Å². The quantitative estimate of drug-likeness (QED) is 0.0424. The van der Waals surface area contributed by atoms with E-state index in [-0.39, 0.29) is 24.9 Å². The van der Waals surface area contributed by atoms with Crippen molar-refractivity contribution < 1.29 is 24.5 Å². The van der Waals surface area contributed by atoms with Crippen molar-refractivity contribution in [1.82, 2.24) is 5.32 Å². The van der Waals surface area contributed by atoms with Crippen LogP contribution in [0.25, 0.3) is 0 Å². The van der Waals surface area contributed by atoms with Gasteiger partial charge in [-0.1, -0.05) is 233 Å². The molecule has 0 aliphatic carbocycles. The third-order valence-corrected chi connectivity index (χ3v) is 11.4. The van der Waals surface area contributed by atoms with E-state index in [9.17, 15) is 19.8 Å². The molecule has 0 fully saturated rings. The van der Waals surface area contributed by atoms with Crippen molar-refractivity contribution in [3.8, 4) is 0 Å². The molecule has 0 aromatic carbocycles. The molecular weight excluding hydrogens is 671 g/mol. The van der Waals surface area contributed by atoms with Crippen LogP contribution in [0, 0.1) is 0 Å². The number of nitrogens with one attached hydrogen (secondary N) is 1. The first-order valence-corrected chi connectivity index (χ1v) is 24.3. The highest BCUT2D eigenvalue weighted by molar-refractivity contribution is 5.77. The Balaban J connectivity index is 4.30. The molecule has 0 aromatic heterocycles. The van der Waals surface area contributed by atoms with E-state index in [1.54, 1.807) is 0 Å². The average molecular weight is 766 g/mol. The van der Waals surface area contributed by atoms with Gasteiger partial charge in [0, 0.05) is 6.42 Å². The lowest BCUT2D eigenvalue weighted by Crippen LogP contribution is -2.46. The Morgan fingerprint density at radius 1 is 0.463 bits per heavy atom. The molecule has 0 radical (unpaired) electrons. The van der Waals surface area contributed by atoms with Crippen molar-refractivity contribution in [2.75, 3.05) is 6.61 Å². The van der Waals surface area contributed by atoms with Crippen molar-refractivity contribution in [2.24, 2.45) is 0 Å². The van der Waals surface area contributed by atoms with Gasteiger partial charge in [-0.25, -0.2) is 0 Å². The minimum Gasteiger partial charge on any atom is -0.462 e. The number of rotatable bonds is 44. The fraction of sp³-hybridized carbons (Fsp3) is 0.958. The lowest BCUT2D eigenvalue weighted by Gasteiger charge is -2.24. The van der Waals surface area contributed by atoms with Crippen molar-refractivity contribution in [1.29, 1.82) is 0 Å². The second-order valence-corrected chi connectivity index (χ2v) is 16.9. The molecule has 3 unspecified atom stereocenters. The van der Waals surface area contributed by atoms with Gasteiger partial charge in [0.2, 0.25) is 5.91 Å². The van der Waals surface area contributed by atoms with Crippen LogP contribution in [-0.4, -0.2) is 46.9 Å². The van der Waals surface area contributed by atoms with E-state index < -0.39 is 18.2 Å². The lowest BCUT2D eigenvalue weighted by molar-refractivity contribution is -0.151. The summed E-state index contributed by atoms with van der Waals surface area (Å²) in [5, 5.41) is 23.7. The lowest BCUT2D eigenvalue weighted by atomic mass is 10.0. The van der Waals surface area contributed by atoms with Gasteiger partial charge in [-0.2, -0.15) is 0 Å². The Morgan fingerprint density at radius 3 is 1.13 bits per heavy atom. The van der Waals surface area contributed by atoms with Crippen LogP contribution in [0.2, 0.25) is 0 Å². The van der Waals surface area contributed by atoms with E-state index in [1.807, 2.05) is 0 Å². The van der Waals surface area contributed by atoms with Gasteiger partial charge >= 0.3 is 5.97 Å². The topological polar surface area (TPSA) is 95.9 Å². The van der Waals surface area contributed by atoms with Crippen LogP contribution in [0.4, 0.5) is 0 Å². The SMILES string of the molecule is CCCCCCCCCCCCCCCCCCCC(O)C(CO)NC(=O)CC(CCCCCCCCC)OC(=O)CCCCCCCCCCCCC. The maximum absolute atomic E-state index is 13.1. The number of hydrogen-bond acceptors (Lipinski definition) is 5. The summed E-state index contributed by atoms with van der Waals surface area (Å²) in [6.07, 6.45) is 44.6. The van der Waals surface area contributed by atoms with E-state index in [1.165, 1.54) is 180 Å². The smallest absolute Gasteiger partial charge is 0.306 e. The van der Waals surface area contributed by atoms with Gasteiger partial charge in [-0.3, -0.25) is 9.59 Å². The number of ether oxygens (including phenoxy) is 1. The van der Waals surface area contributed by atoms with Crippen molar-refractivity contribution >= 4 is 11.9 Å². The fourth-order valence-corrected chi connectivity index (χ4v) is 7.73. The minimum absolute atomic E-state index is 0.0855. The predicted octanol–water partition coefficient (Wildman–Crippen LogP) is 14.0. The first-order chi connectivity index (χ1) is 26.5. The highest BCUT2D eigenvalue weighted by Gasteiger charge is 2.24. The summed E-state index contributed by atoms with van der Waals surface area (Å²) in [7, 11) is 0. The molecule has 3 N–H and O–H groups in total. The third kappa shape index (κ3) is 37.8. The third-order valence-electron chi connectivity index (χ3n) is 11.4. The molecule has 322 valence electrons. The molecule has 1 amide bonds. The molecule has 6 nitrogen and oxygen atoms in total. The molecule has 0 bridgehead atoms. The number of esters is 1. The van der Waals surface area contributed by atoms with Crippen molar-refractivity contribution in [3.05, 3.63) is 0 Å². The Labute approximate surface area is 336 Å². The van der Waals surface area contributed by atoms with Gasteiger partial charge in [-0.15, -0.1) is 0 Å². The van der Waals surface area contributed by atoms with Crippen LogP contribution in [0.1, 0.15) is 271 Å². The van der Waals surface area contributed by atoms with Crippen LogP contribution in [-0.2, 0) is 14.3 Å². The fourth-order valence-electron chi connectivity index (χ4n) is 7.73. The number of aliphatic hydroxyl groups is 2. The second-order valence-electron chi connectivity index (χ2n) is 16.9. The van der Waals surface area contributed by atoms with Crippen molar-refractivity contribution in [2.45, 2.75) is 289 Å². The van der Waals surface area contributed by atoms with Gasteiger partial charge in [0.25, 0.3) is 0 Å². The molecule has 6 heteroatoms. The minimum atomic E-state index is -0.777. The Morgan fingerprint density at radius 2 is 0.778 bits per heavy atom. The Bertz CT molecular complexity index is 776. The van der Waals surface area contributed by atoms with Gasteiger partial charge in [0.1, 0.15) is 6.10 Å². The second kappa shape index (κ2) is 43.0. The van der Waals surface area contributed by atoms with Crippen LogP contribution < -0.4 is 5.32 Å². The summed E-state index contributed by atoms with van der Waals surface area (Å²) in [6, 6.07) is -0.690. The molecule has 0 spiro atoms. The van der Waals surface area contributed by atoms with E-state index in [4.69, 9.17) is 4.74 Å². The Kier molecular flexibility index (Phi) is 42.1. The van der Waals surface area contributed by atoms with E-state index >= 15 is 0 Å². The van der Waals surface area contributed by atoms with Gasteiger partial charge in [0.05, 0.1) is 25.2 Å². The summed E-state index contributed by atoms with van der Waals surface area (Å²) in [6.45, 7) is 6.46. The molecule has 0 aliphatic heterocycles. The van der Waals surface area contributed by atoms with Gasteiger partial charge in [0.15, 0.2) is 0 Å². The van der Waals surface area contributed by atoms with Crippen LogP contribution >= 0.6 is 0 Å². The average Bonchev–Trinajstić information content (AvgIpc) is 3.16. The molecule has 0 aromatic rings. The molecule has 54 heavy (non-hydrogen) atoms. The molecule has 0 saturated carbocycles. The number of amides is 1. The van der Waals surface area contributed by atoms with E-state index in [2.05, 4.69) is 26.1 Å². The monoisotopic (exact) mass is 766 g/mol. The maximum atomic E-state index is 13.1. The molecule has 0 saturated heterocycles. The summed E-state index contributed by atoms with van der Waals surface area (Å²) >= 11 is 0. The highest BCUT2D eigenvalue weighted by Crippen LogP contribution is 2.18. The van der Waals surface area contributed by atoms with E-state index in [0.717, 1.165) is 44.9 Å². The molecule has 0 heterocycles. The molecule has 3 atom stereocenters. The van der Waals surface area contributed by atoms with E-state index in [0.29, 0.717) is 19.3 Å². The van der Waals surface area contributed by atoms with Crippen LogP contribution in [0.5, 0.6) is 0 Å². The summed E-state index contributed by atoms with van der Waals surface area (Å²) < 4.78 is 5.88. The number of aliphatic hydroxyl groups excluding tert-OH is 2. The maximum Gasteiger partial charge on any atom is 0.306 e. The Hall–Kier alpha value is -1.14. The predicted molar refractivity (Wildman–Crippen MR) is 232 cm³/mol. The van der Waals surface area contributed by atoms with Gasteiger partial charge < -0.3 is 20.3 Å². The largest absolute Gasteiger partial charge is 0.462 e. The number of carbonyl (C=O) groups excluding carboxylic acids is 2. The number of carbonyl (C=O) groups is 2. The van der Waals surface area contributed by atoms with Crippen LogP contribution in [0.15, 0.2) is 0 Å². The zero-order valence-electron chi connectivity index (χ0n) is 36.6. The summed E-state index contributed by atoms with van der Waals surface area (Å²) in [4.78, 5) is 25.9. The molecule has 0 rings (SSSR count). The first-order valence-electron chi connectivity index (χ1n) is 24.3. The zero-order chi connectivity index (χ0) is 39.6. The summed E-state index contributed by atoms with van der Waals surface area (Å²) in [5.74, 6) is -0.463. The zero-order valence-corrected chi connectivity index (χ0v) is 36.6. The van der Waals surface area contributed by atoms with Gasteiger partial charge in [-0.05, 0) is 25.7 Å². The number of unbranched alkanes of at least 4 members (excludes halogenated alkanes) is 32. The molecule has 0 aliphatic rings. The standard InChI is InChI=1S/C48H95NO5/c1-4-7-10-13-16-18-20-21-22-23-24-25-27-28-31-34-37-40-46(51)45(43-50)49-47(52)42-44(39-36-33-30-15-12-9-6-3)54-48(53)41-38-35-32-29-26-19-17-14-11-8-5-2/h44-46,50-51H,4-43H2,1-3H3,(H,49,52). The molecular formula is C48H95NO5. The normalized spacial score (nSPS) is 13.2. The summed E-state index contributed by atoms with van der Waals surface area (Å²) in [5.41, 5.74) is 0.